The minimum Gasteiger partial charge on any atom is -0.497 e. The second-order valence-electron chi connectivity index (χ2n) is 6.98. The van der Waals surface area contributed by atoms with Crippen molar-refractivity contribution in [1.82, 2.24) is 10.2 Å². The zero-order valence-corrected chi connectivity index (χ0v) is 17.7. The number of nitrogens with zero attached hydrogens (tertiary/aromatic N) is 3. The summed E-state index contributed by atoms with van der Waals surface area (Å²) >= 11 is 0. The number of ether oxygens (including phenoxy) is 2. The molecule has 2 aromatic carbocycles. The standard InChI is InChI=1S/C23H32N4O2/c1-4-29-18-20-8-6-5-7-19(20)17-25-23(24-2)27-15-13-26(14-16-27)21-9-11-22(28-3)12-10-21/h5-12H,4,13-18H2,1-3H3,(H,24,25). The van der Waals surface area contributed by atoms with E-state index in [1.54, 1.807) is 7.11 Å². The highest BCUT2D eigenvalue weighted by molar-refractivity contribution is 5.80. The molecule has 0 aliphatic carbocycles. The van der Waals surface area contributed by atoms with E-state index in [9.17, 15) is 0 Å². The number of piperazine rings is 1. The SMILES string of the molecule is CCOCc1ccccc1CNC(=NC)N1CCN(c2ccc(OC)cc2)CC1. The van der Waals surface area contributed by atoms with Gasteiger partial charge in [0.05, 0.1) is 13.7 Å². The summed E-state index contributed by atoms with van der Waals surface area (Å²) in [6, 6.07) is 16.7. The van der Waals surface area contributed by atoms with Crippen molar-refractivity contribution in [2.24, 2.45) is 4.99 Å². The van der Waals surface area contributed by atoms with Crippen molar-refractivity contribution in [2.45, 2.75) is 20.1 Å². The summed E-state index contributed by atoms with van der Waals surface area (Å²) in [5.41, 5.74) is 3.71. The molecule has 0 amide bonds. The summed E-state index contributed by atoms with van der Waals surface area (Å²) in [5.74, 6) is 1.84. The first-order chi connectivity index (χ1) is 14.2. The topological polar surface area (TPSA) is 49.3 Å². The Morgan fingerprint density at radius 1 is 1.00 bits per heavy atom. The van der Waals surface area contributed by atoms with Gasteiger partial charge >= 0.3 is 0 Å². The van der Waals surface area contributed by atoms with Crippen molar-refractivity contribution in [3.05, 3.63) is 59.7 Å². The molecule has 3 rings (SSSR count). The Balaban J connectivity index is 1.54. The van der Waals surface area contributed by atoms with E-state index in [2.05, 4.69) is 56.5 Å². The molecule has 1 aliphatic heterocycles. The van der Waals surface area contributed by atoms with Crippen LogP contribution in [0.15, 0.2) is 53.5 Å². The van der Waals surface area contributed by atoms with E-state index in [1.807, 2.05) is 26.1 Å². The van der Waals surface area contributed by atoms with Crippen molar-refractivity contribution < 1.29 is 9.47 Å². The van der Waals surface area contributed by atoms with Crippen molar-refractivity contribution in [3.8, 4) is 5.75 Å². The number of anilines is 1. The highest BCUT2D eigenvalue weighted by atomic mass is 16.5. The first-order valence-corrected chi connectivity index (χ1v) is 10.2. The average molecular weight is 397 g/mol. The molecule has 6 heteroatoms. The third-order valence-corrected chi connectivity index (χ3v) is 5.25. The lowest BCUT2D eigenvalue weighted by Gasteiger charge is -2.37. The Labute approximate surface area is 174 Å². The highest BCUT2D eigenvalue weighted by Crippen LogP contribution is 2.20. The van der Waals surface area contributed by atoms with Gasteiger partial charge in [0.15, 0.2) is 5.96 Å². The Hall–Kier alpha value is -2.73. The molecule has 0 unspecified atom stereocenters. The van der Waals surface area contributed by atoms with E-state index in [4.69, 9.17) is 9.47 Å². The second-order valence-corrected chi connectivity index (χ2v) is 6.98. The molecule has 1 heterocycles. The van der Waals surface area contributed by atoms with Crippen molar-refractivity contribution >= 4 is 11.6 Å². The van der Waals surface area contributed by atoms with Gasteiger partial charge in [-0.1, -0.05) is 24.3 Å². The highest BCUT2D eigenvalue weighted by Gasteiger charge is 2.20. The quantitative estimate of drug-likeness (QED) is 0.576. The molecule has 1 aliphatic rings. The lowest BCUT2D eigenvalue weighted by atomic mass is 10.1. The van der Waals surface area contributed by atoms with Crippen LogP contribution in [-0.4, -0.2) is 57.8 Å². The summed E-state index contributed by atoms with van der Waals surface area (Å²) < 4.78 is 10.9. The fourth-order valence-electron chi connectivity index (χ4n) is 3.56. The second kappa shape index (κ2) is 10.7. The average Bonchev–Trinajstić information content (AvgIpc) is 2.79. The van der Waals surface area contributed by atoms with Gasteiger partial charge in [-0.25, -0.2) is 0 Å². The molecule has 156 valence electrons. The van der Waals surface area contributed by atoms with Crippen LogP contribution in [0.5, 0.6) is 5.75 Å². The van der Waals surface area contributed by atoms with Crippen molar-refractivity contribution in [1.29, 1.82) is 0 Å². The number of aliphatic imine (C=N–C) groups is 1. The summed E-state index contributed by atoms with van der Waals surface area (Å²) in [6.45, 7) is 7.94. The predicted octanol–water partition coefficient (Wildman–Crippen LogP) is 3.13. The molecule has 29 heavy (non-hydrogen) atoms. The molecule has 0 atom stereocenters. The summed E-state index contributed by atoms with van der Waals surface area (Å²) in [5, 5.41) is 3.53. The number of benzene rings is 2. The van der Waals surface area contributed by atoms with Gasteiger partial charge in [0.1, 0.15) is 5.75 Å². The van der Waals surface area contributed by atoms with Crippen LogP contribution in [0.1, 0.15) is 18.1 Å². The van der Waals surface area contributed by atoms with E-state index in [0.717, 1.165) is 51.0 Å². The molecule has 0 aromatic heterocycles. The monoisotopic (exact) mass is 396 g/mol. The lowest BCUT2D eigenvalue weighted by molar-refractivity contribution is 0.133. The van der Waals surface area contributed by atoms with Crippen LogP contribution in [0.3, 0.4) is 0 Å². The maximum absolute atomic E-state index is 5.60. The summed E-state index contributed by atoms with van der Waals surface area (Å²) in [4.78, 5) is 9.23. The van der Waals surface area contributed by atoms with Crippen molar-refractivity contribution in [3.63, 3.8) is 0 Å². The van der Waals surface area contributed by atoms with E-state index in [0.29, 0.717) is 6.61 Å². The first kappa shape index (κ1) is 21.0. The molecule has 0 saturated carbocycles. The van der Waals surface area contributed by atoms with Crippen LogP contribution in [0.25, 0.3) is 0 Å². The molecule has 1 N–H and O–H groups in total. The number of guanidine groups is 1. The van der Waals surface area contributed by atoms with E-state index in [-0.39, 0.29) is 0 Å². The number of nitrogens with one attached hydrogen (secondary N) is 1. The van der Waals surface area contributed by atoms with Gasteiger partial charge in [-0.05, 0) is 42.3 Å². The predicted molar refractivity (Wildman–Crippen MR) is 119 cm³/mol. The fourth-order valence-corrected chi connectivity index (χ4v) is 3.56. The van der Waals surface area contributed by atoms with Gasteiger partial charge in [0.25, 0.3) is 0 Å². The van der Waals surface area contributed by atoms with Crippen LogP contribution >= 0.6 is 0 Å². The number of hydrogen-bond acceptors (Lipinski definition) is 4. The minimum atomic E-state index is 0.646. The molecule has 2 aromatic rings. The zero-order chi connectivity index (χ0) is 20.5. The molecule has 0 radical (unpaired) electrons. The Kier molecular flexibility index (Phi) is 7.76. The van der Waals surface area contributed by atoms with Crippen LogP contribution < -0.4 is 15.0 Å². The zero-order valence-electron chi connectivity index (χ0n) is 17.7. The van der Waals surface area contributed by atoms with Gasteiger partial charge in [-0.2, -0.15) is 0 Å². The number of rotatable bonds is 7. The maximum atomic E-state index is 5.60. The first-order valence-electron chi connectivity index (χ1n) is 10.2. The van der Waals surface area contributed by atoms with Crippen molar-refractivity contribution in [2.75, 3.05) is 51.8 Å². The van der Waals surface area contributed by atoms with Gasteiger partial charge in [0, 0.05) is 52.1 Å². The minimum absolute atomic E-state index is 0.646. The molecular formula is C23H32N4O2. The molecule has 1 fully saturated rings. The Bertz CT molecular complexity index is 784. The third kappa shape index (κ3) is 5.64. The van der Waals surface area contributed by atoms with Gasteiger partial charge in [0.2, 0.25) is 0 Å². The van der Waals surface area contributed by atoms with Crippen LogP contribution in [0.4, 0.5) is 5.69 Å². The van der Waals surface area contributed by atoms with Gasteiger partial charge in [-0.15, -0.1) is 0 Å². The van der Waals surface area contributed by atoms with Crippen LogP contribution in [0.2, 0.25) is 0 Å². The number of methoxy groups -OCH3 is 1. The van der Waals surface area contributed by atoms with E-state index >= 15 is 0 Å². The molecule has 1 saturated heterocycles. The van der Waals surface area contributed by atoms with Crippen LogP contribution in [-0.2, 0) is 17.9 Å². The lowest BCUT2D eigenvalue weighted by Crippen LogP contribution is -2.52. The van der Waals surface area contributed by atoms with Gasteiger partial charge in [-0.3, -0.25) is 4.99 Å². The molecule has 0 bridgehead atoms. The van der Waals surface area contributed by atoms with E-state index < -0.39 is 0 Å². The summed E-state index contributed by atoms with van der Waals surface area (Å²) in [6.07, 6.45) is 0. The third-order valence-electron chi connectivity index (χ3n) is 5.25. The Morgan fingerprint density at radius 3 is 2.31 bits per heavy atom. The maximum Gasteiger partial charge on any atom is 0.194 e. The van der Waals surface area contributed by atoms with E-state index in [1.165, 1.54) is 16.8 Å². The largest absolute Gasteiger partial charge is 0.497 e. The molecule has 6 nitrogen and oxygen atoms in total. The molecule has 0 spiro atoms. The van der Waals surface area contributed by atoms with Crippen LogP contribution in [0, 0.1) is 0 Å². The number of hydrogen-bond donors (Lipinski definition) is 1. The molecular weight excluding hydrogens is 364 g/mol. The summed E-state index contributed by atoms with van der Waals surface area (Å²) in [7, 11) is 3.55. The smallest absolute Gasteiger partial charge is 0.194 e. The fraction of sp³-hybridized carbons (Fsp3) is 0.435. The normalized spacial score (nSPS) is 14.8. The van der Waals surface area contributed by atoms with Gasteiger partial charge < -0.3 is 24.6 Å². The Morgan fingerprint density at radius 2 is 1.69 bits per heavy atom.